The number of nitrogens with zero attached hydrogens (tertiary/aromatic N) is 1. The van der Waals surface area contributed by atoms with Crippen LogP contribution in [0, 0.1) is 17.3 Å². The van der Waals surface area contributed by atoms with E-state index in [2.05, 4.69) is 28.1 Å². The Morgan fingerprint density at radius 1 is 0.886 bits per heavy atom. The van der Waals surface area contributed by atoms with Gasteiger partial charge in [0.2, 0.25) is 5.75 Å². The number of ether oxygens (including phenoxy) is 5. The minimum Gasteiger partial charge on any atom is -0.502 e. The normalized spacial score (nSPS) is 24.2. The molecule has 2 saturated carbocycles. The van der Waals surface area contributed by atoms with Crippen molar-refractivity contribution < 1.29 is 53.7 Å². The SMILES string of the molecule is CCNCOc1cc(OCCNC)c2c3c1[C@@H](O)Nc1cc4c(c(c1-3)CC2)[C@@H](O)[C@H](c1cc(OC)c(O)c(OC[C@H](CO)[C@]2(c3ccccc3)CCC3(CCCC3)[C@@H](CN3C(=O)C=CC3=O)C2)c1)CO4. The first-order valence-electron chi connectivity index (χ1n) is 25.0. The summed E-state index contributed by atoms with van der Waals surface area (Å²) < 4.78 is 31.5. The van der Waals surface area contributed by atoms with Crippen LogP contribution in [0.15, 0.2) is 66.7 Å². The molecule has 10 rings (SSSR count). The number of carbonyl (C=O) groups excluding carboxylic acids is 2. The molecule has 2 fully saturated rings. The van der Waals surface area contributed by atoms with Gasteiger partial charge in [-0.3, -0.25) is 19.8 Å². The van der Waals surface area contributed by atoms with Gasteiger partial charge in [0.25, 0.3) is 11.8 Å². The lowest BCUT2D eigenvalue weighted by molar-refractivity contribution is -0.139. The van der Waals surface area contributed by atoms with Crippen LogP contribution >= 0.6 is 0 Å². The van der Waals surface area contributed by atoms with Crippen LogP contribution in [0.3, 0.4) is 0 Å². The fourth-order valence-corrected chi connectivity index (χ4v) is 12.8. The number of aliphatic hydroxyl groups is 3. The number of anilines is 1. The van der Waals surface area contributed by atoms with Gasteiger partial charge in [0.05, 0.1) is 32.0 Å². The lowest BCUT2D eigenvalue weighted by Gasteiger charge is -2.54. The van der Waals surface area contributed by atoms with Crippen molar-refractivity contribution in [2.75, 3.05) is 72.3 Å². The quantitative estimate of drug-likeness (QED) is 0.0322. The summed E-state index contributed by atoms with van der Waals surface area (Å²) in [7, 11) is 3.34. The molecule has 0 bridgehead atoms. The Balaban J connectivity index is 0.972. The number of aromatic hydroxyl groups is 1. The third kappa shape index (κ3) is 8.32. The molecule has 70 heavy (non-hydrogen) atoms. The Morgan fingerprint density at radius 3 is 2.37 bits per heavy atom. The van der Waals surface area contributed by atoms with E-state index < -0.39 is 29.6 Å². The molecule has 7 N–H and O–H groups in total. The molecule has 1 spiro atoms. The molecule has 4 aromatic carbocycles. The van der Waals surface area contributed by atoms with Gasteiger partial charge in [-0.25, -0.2) is 0 Å². The second-order valence-corrected chi connectivity index (χ2v) is 20.0. The molecular weight excluding hydrogens is 893 g/mol. The van der Waals surface area contributed by atoms with Gasteiger partial charge >= 0.3 is 0 Å². The highest BCUT2D eigenvalue weighted by atomic mass is 16.5. The molecule has 0 saturated heterocycles. The van der Waals surface area contributed by atoms with Crippen molar-refractivity contribution in [3.63, 3.8) is 0 Å². The summed E-state index contributed by atoms with van der Waals surface area (Å²) in [6.07, 6.45) is 8.34. The number of carbonyl (C=O) groups is 2. The maximum absolute atomic E-state index is 13.0. The molecule has 3 aliphatic carbocycles. The molecule has 4 aromatic rings. The van der Waals surface area contributed by atoms with Crippen LogP contribution in [-0.4, -0.2) is 104 Å². The molecule has 0 radical (unpaired) electrons. The molecule has 15 heteroatoms. The first-order valence-corrected chi connectivity index (χ1v) is 25.0. The second-order valence-electron chi connectivity index (χ2n) is 20.0. The number of hydrogen-bond acceptors (Lipinski definition) is 14. The topological polar surface area (TPSA) is 201 Å². The summed E-state index contributed by atoms with van der Waals surface area (Å²) in [5.41, 5.74) is 6.62. The minimum atomic E-state index is -1.07. The number of phenolic OH excluding ortho intramolecular Hbond substituents is 1. The fraction of sp³-hybridized carbons (Fsp3) is 0.491. The molecule has 372 valence electrons. The summed E-state index contributed by atoms with van der Waals surface area (Å²) in [6, 6.07) is 17.4. The zero-order valence-corrected chi connectivity index (χ0v) is 40.4. The standard InChI is InChI=1S/C55H66N4O11/c1-4-57-31-70-42-25-40(67-21-20-56-2)36-12-13-37-47-39(58-53(65)50(42)49(36)47)24-41-48(37)51(63)38(30-69-41)32-22-43(66-3)52(64)44(23-32)68-29-35(28-60)55(33-10-6-5-7-11-33)19-18-54(16-8-9-17-54)34(26-55)27-59-45(61)14-15-46(59)62/h5-7,10-11,14-15,22-25,34-35,38,51,53,56-58,60,63-65H,4,8-9,12-13,16-21,26-31H2,1-3H3/t34-,35+,38+,51+,53-,55-/m1/s1. The van der Waals surface area contributed by atoms with E-state index in [-0.39, 0.29) is 66.9 Å². The van der Waals surface area contributed by atoms with Gasteiger partial charge in [-0.2, -0.15) is 0 Å². The van der Waals surface area contributed by atoms with Gasteiger partial charge in [-0.15, -0.1) is 0 Å². The zero-order valence-electron chi connectivity index (χ0n) is 40.4. The van der Waals surface area contributed by atoms with Gasteiger partial charge in [0, 0.05) is 89.2 Å². The number of methoxy groups -OCH3 is 1. The molecule has 2 amide bonds. The number of fused-ring (bicyclic) bond motifs is 2. The molecule has 3 heterocycles. The van der Waals surface area contributed by atoms with E-state index >= 15 is 0 Å². The molecule has 3 aliphatic heterocycles. The summed E-state index contributed by atoms with van der Waals surface area (Å²) in [5, 5.41) is 57.0. The molecule has 0 aromatic heterocycles. The summed E-state index contributed by atoms with van der Waals surface area (Å²) in [6.45, 7) is 4.28. The van der Waals surface area contributed by atoms with E-state index in [0.29, 0.717) is 85.1 Å². The predicted molar refractivity (Wildman–Crippen MR) is 263 cm³/mol. The van der Waals surface area contributed by atoms with Crippen molar-refractivity contribution in [2.24, 2.45) is 17.3 Å². The van der Waals surface area contributed by atoms with Crippen LogP contribution in [0.25, 0.3) is 11.1 Å². The fourth-order valence-electron chi connectivity index (χ4n) is 12.8. The average molecular weight is 959 g/mol. The lowest BCUT2D eigenvalue weighted by atomic mass is 9.52. The average Bonchev–Trinajstić information content (AvgIpc) is 3.98. The number of rotatable bonds is 18. The number of hydrogen-bond donors (Lipinski definition) is 7. The summed E-state index contributed by atoms with van der Waals surface area (Å²) in [4.78, 5) is 27.3. The highest BCUT2D eigenvalue weighted by molar-refractivity contribution is 6.12. The van der Waals surface area contributed by atoms with E-state index in [1.807, 2.05) is 44.3 Å². The number of amides is 2. The Hall–Kier alpha value is -5.84. The Morgan fingerprint density at radius 2 is 1.64 bits per heavy atom. The summed E-state index contributed by atoms with van der Waals surface area (Å²) in [5.74, 6) is 0.213. The Kier molecular flexibility index (Phi) is 13.5. The van der Waals surface area contributed by atoms with E-state index in [1.165, 1.54) is 24.2 Å². The van der Waals surface area contributed by atoms with E-state index in [1.54, 1.807) is 12.1 Å². The maximum atomic E-state index is 13.0. The van der Waals surface area contributed by atoms with Crippen molar-refractivity contribution in [3.05, 3.63) is 100 Å². The highest BCUT2D eigenvalue weighted by Crippen LogP contribution is 2.61. The summed E-state index contributed by atoms with van der Waals surface area (Å²) >= 11 is 0. The molecule has 6 aliphatic rings. The minimum absolute atomic E-state index is 0.00672. The van der Waals surface area contributed by atoms with Crippen molar-refractivity contribution in [3.8, 4) is 45.6 Å². The number of imide groups is 1. The van der Waals surface area contributed by atoms with Crippen LogP contribution in [-0.2, 0) is 27.8 Å². The number of benzene rings is 4. The molecule has 0 unspecified atom stereocenters. The van der Waals surface area contributed by atoms with Gasteiger partial charge in [-0.05, 0) is 98.7 Å². The number of aliphatic hydroxyl groups excluding tert-OH is 3. The Bertz CT molecular complexity index is 2630. The second kappa shape index (κ2) is 19.7. The van der Waals surface area contributed by atoms with Crippen LogP contribution in [0.2, 0.25) is 0 Å². The van der Waals surface area contributed by atoms with E-state index in [0.717, 1.165) is 66.3 Å². The van der Waals surface area contributed by atoms with Crippen molar-refractivity contribution in [1.29, 1.82) is 0 Å². The predicted octanol–water partition coefficient (Wildman–Crippen LogP) is 6.55. The van der Waals surface area contributed by atoms with Crippen molar-refractivity contribution in [1.82, 2.24) is 15.5 Å². The van der Waals surface area contributed by atoms with Crippen LogP contribution in [0.5, 0.6) is 34.5 Å². The van der Waals surface area contributed by atoms with Crippen molar-refractivity contribution >= 4 is 17.5 Å². The highest BCUT2D eigenvalue weighted by Gasteiger charge is 2.54. The van der Waals surface area contributed by atoms with Crippen LogP contribution in [0.4, 0.5) is 5.69 Å². The van der Waals surface area contributed by atoms with E-state index in [4.69, 9.17) is 23.7 Å². The third-order valence-corrected chi connectivity index (χ3v) is 16.5. The molecular formula is C55H66N4O11. The third-order valence-electron chi connectivity index (χ3n) is 16.5. The zero-order chi connectivity index (χ0) is 48.7. The smallest absolute Gasteiger partial charge is 0.253 e. The van der Waals surface area contributed by atoms with Gasteiger partial charge in [0.15, 0.2) is 17.7 Å². The lowest BCUT2D eigenvalue weighted by Crippen LogP contribution is -2.52. The van der Waals surface area contributed by atoms with Crippen LogP contribution < -0.4 is 39.6 Å². The maximum Gasteiger partial charge on any atom is 0.253 e. The number of phenols is 1. The first kappa shape index (κ1) is 47.8. The monoisotopic (exact) mass is 958 g/mol. The Labute approximate surface area is 409 Å². The first-order chi connectivity index (χ1) is 34.0. The van der Waals surface area contributed by atoms with Gasteiger partial charge < -0.3 is 54.7 Å². The van der Waals surface area contributed by atoms with Gasteiger partial charge in [-0.1, -0.05) is 50.1 Å². The van der Waals surface area contributed by atoms with Gasteiger partial charge in [0.1, 0.15) is 30.6 Å². The molecule has 6 atom stereocenters. The molecule has 15 nitrogen and oxygen atoms in total. The largest absolute Gasteiger partial charge is 0.502 e. The van der Waals surface area contributed by atoms with Crippen molar-refractivity contribution in [2.45, 2.75) is 88.4 Å². The van der Waals surface area contributed by atoms with E-state index in [9.17, 15) is 30.0 Å². The number of nitrogens with one attached hydrogen (secondary N) is 3. The van der Waals surface area contributed by atoms with Crippen LogP contribution in [0.1, 0.15) is 103 Å². The number of likely N-dealkylation sites (N-methyl/N-ethyl adjacent to an activating group) is 1.